The summed E-state index contributed by atoms with van der Waals surface area (Å²) in [5.74, 6) is -1.10. The van der Waals surface area contributed by atoms with E-state index in [2.05, 4.69) is 15.8 Å². The lowest BCUT2D eigenvalue weighted by molar-refractivity contribution is -0.384. The maximum Gasteiger partial charge on any atom is 0.287 e. The molecule has 0 atom stereocenters. The second-order valence-electron chi connectivity index (χ2n) is 7.37. The van der Waals surface area contributed by atoms with Crippen molar-refractivity contribution in [1.82, 2.24) is 10.7 Å². The van der Waals surface area contributed by atoms with Crippen LogP contribution < -0.4 is 10.7 Å². The lowest BCUT2D eigenvalue weighted by Crippen LogP contribution is -2.33. The Labute approximate surface area is 195 Å². The molecule has 0 saturated carbocycles. The molecule has 0 bridgehead atoms. The molecule has 2 amide bonds. The number of non-ortho nitro benzene ring substituents is 1. The maximum absolute atomic E-state index is 12.9. The van der Waals surface area contributed by atoms with E-state index in [4.69, 9.17) is 0 Å². The Kier molecular flexibility index (Phi) is 7.50. The number of benzene rings is 3. The van der Waals surface area contributed by atoms with Gasteiger partial charge in [0.05, 0.1) is 10.6 Å². The Hall–Kier alpha value is -4.79. The van der Waals surface area contributed by atoms with E-state index in [0.29, 0.717) is 28.0 Å². The summed E-state index contributed by atoms with van der Waals surface area (Å²) in [5.41, 5.74) is 4.60. The van der Waals surface area contributed by atoms with E-state index < -0.39 is 16.7 Å². The Balaban J connectivity index is 1.89. The zero-order chi connectivity index (χ0) is 24.7. The van der Waals surface area contributed by atoms with Crippen LogP contribution in [0.1, 0.15) is 34.0 Å². The molecule has 0 aliphatic heterocycles. The van der Waals surface area contributed by atoms with Crippen molar-refractivity contribution >= 4 is 29.3 Å². The first kappa shape index (κ1) is 23.9. The van der Waals surface area contributed by atoms with Crippen LogP contribution >= 0.6 is 0 Å². The fourth-order valence-electron chi connectivity index (χ4n) is 2.98. The van der Waals surface area contributed by atoms with Gasteiger partial charge in [-0.05, 0) is 66.9 Å². The molecule has 34 heavy (non-hydrogen) atoms. The molecule has 0 heterocycles. The topological polar surface area (TPSA) is 134 Å². The normalized spacial score (nSPS) is 11.6. The smallest absolute Gasteiger partial charge is 0.287 e. The molecule has 3 aromatic carbocycles. The first-order valence-corrected chi connectivity index (χ1v) is 10.2. The minimum Gasteiger partial charge on any atom is -0.508 e. The molecule has 172 valence electrons. The number of hydrazone groups is 1. The average molecular weight is 458 g/mol. The highest BCUT2D eigenvalue weighted by atomic mass is 16.6. The van der Waals surface area contributed by atoms with Crippen LogP contribution in [0.3, 0.4) is 0 Å². The van der Waals surface area contributed by atoms with Crippen LogP contribution in [0.2, 0.25) is 0 Å². The summed E-state index contributed by atoms with van der Waals surface area (Å²) in [6.07, 6.45) is 1.33. The van der Waals surface area contributed by atoms with Gasteiger partial charge < -0.3 is 10.4 Å². The van der Waals surface area contributed by atoms with Crippen LogP contribution in [0.25, 0.3) is 6.08 Å². The van der Waals surface area contributed by atoms with Gasteiger partial charge >= 0.3 is 0 Å². The van der Waals surface area contributed by atoms with Gasteiger partial charge in [-0.1, -0.05) is 30.3 Å². The Morgan fingerprint density at radius 1 is 1.00 bits per heavy atom. The van der Waals surface area contributed by atoms with Gasteiger partial charge in [-0.25, -0.2) is 5.43 Å². The number of aromatic hydroxyl groups is 1. The monoisotopic (exact) mass is 458 g/mol. The first-order chi connectivity index (χ1) is 16.2. The predicted octanol–water partition coefficient (Wildman–Crippen LogP) is 3.92. The summed E-state index contributed by atoms with van der Waals surface area (Å²) < 4.78 is 0. The molecule has 0 spiro atoms. The van der Waals surface area contributed by atoms with E-state index in [9.17, 15) is 24.8 Å². The molecule has 0 aromatic heterocycles. The fourth-order valence-corrected chi connectivity index (χ4v) is 2.98. The molecule has 0 fully saturated rings. The van der Waals surface area contributed by atoms with E-state index >= 15 is 0 Å². The third-order valence-electron chi connectivity index (χ3n) is 4.86. The zero-order valence-corrected chi connectivity index (χ0v) is 18.5. The average Bonchev–Trinajstić information content (AvgIpc) is 2.84. The summed E-state index contributed by atoms with van der Waals surface area (Å²) >= 11 is 0. The van der Waals surface area contributed by atoms with Crippen LogP contribution in [-0.4, -0.2) is 27.6 Å². The molecule has 0 aliphatic rings. The number of rotatable bonds is 7. The van der Waals surface area contributed by atoms with Gasteiger partial charge in [0.25, 0.3) is 17.5 Å². The van der Waals surface area contributed by atoms with Crippen molar-refractivity contribution in [2.24, 2.45) is 5.10 Å². The number of hydrogen-bond donors (Lipinski definition) is 3. The number of nitrogens with zero attached hydrogens (tertiary/aromatic N) is 2. The van der Waals surface area contributed by atoms with Gasteiger partial charge in [0, 0.05) is 17.7 Å². The number of aryl methyl sites for hydroxylation is 1. The maximum atomic E-state index is 12.9. The first-order valence-electron chi connectivity index (χ1n) is 10.2. The Morgan fingerprint density at radius 3 is 2.41 bits per heavy atom. The van der Waals surface area contributed by atoms with Gasteiger partial charge in [-0.3, -0.25) is 19.7 Å². The van der Waals surface area contributed by atoms with E-state index in [1.54, 1.807) is 62.4 Å². The van der Waals surface area contributed by atoms with Crippen molar-refractivity contribution in [3.05, 3.63) is 111 Å². The molecule has 9 heteroatoms. The second kappa shape index (κ2) is 10.7. The molecule has 0 unspecified atom stereocenters. The summed E-state index contributed by atoms with van der Waals surface area (Å²) in [7, 11) is 0. The summed E-state index contributed by atoms with van der Waals surface area (Å²) in [6.45, 7) is 3.42. The van der Waals surface area contributed by atoms with Crippen LogP contribution in [-0.2, 0) is 4.79 Å². The number of carbonyl (C=O) groups is 2. The Morgan fingerprint density at radius 2 is 1.74 bits per heavy atom. The number of phenols is 1. The van der Waals surface area contributed by atoms with Crippen molar-refractivity contribution in [3.63, 3.8) is 0 Å². The molecule has 0 aliphatic carbocycles. The van der Waals surface area contributed by atoms with Crippen molar-refractivity contribution < 1.29 is 19.6 Å². The van der Waals surface area contributed by atoms with Crippen molar-refractivity contribution in [2.45, 2.75) is 13.8 Å². The van der Waals surface area contributed by atoms with Gasteiger partial charge in [0.15, 0.2) is 0 Å². The largest absolute Gasteiger partial charge is 0.508 e. The van der Waals surface area contributed by atoms with E-state index in [1.165, 1.54) is 30.3 Å². The summed E-state index contributed by atoms with van der Waals surface area (Å²) in [4.78, 5) is 36.1. The van der Waals surface area contributed by atoms with E-state index in [1.807, 2.05) is 0 Å². The third-order valence-corrected chi connectivity index (χ3v) is 4.86. The molecular weight excluding hydrogens is 436 g/mol. The Bertz CT molecular complexity index is 1300. The number of nitro benzene ring substituents is 1. The van der Waals surface area contributed by atoms with E-state index in [-0.39, 0.29) is 17.1 Å². The summed E-state index contributed by atoms with van der Waals surface area (Å²) in [6, 6.07) is 18.9. The second-order valence-corrected chi connectivity index (χ2v) is 7.37. The lowest BCUT2D eigenvalue weighted by atomic mass is 10.1. The fraction of sp³-hybridized carbons (Fsp3) is 0.0800. The standard InChI is InChI=1S/C25H22N4O5/c1-16-13-20(11-12-23(16)30)17(2)27-28-25(32)22(26-24(31)19-8-4-3-5-9-19)15-18-7-6-10-21(14-18)29(33)34/h3-15,30H,1-2H3,(H,26,31)(H,28,32)/b22-15-,27-17-. The minimum atomic E-state index is -0.717. The van der Waals surface area contributed by atoms with Gasteiger partial charge in [-0.2, -0.15) is 5.10 Å². The molecule has 3 N–H and O–H groups in total. The molecular formula is C25H22N4O5. The van der Waals surface area contributed by atoms with Gasteiger partial charge in [-0.15, -0.1) is 0 Å². The zero-order valence-electron chi connectivity index (χ0n) is 18.5. The molecule has 3 rings (SSSR count). The van der Waals surface area contributed by atoms with Crippen LogP contribution in [0.4, 0.5) is 5.69 Å². The number of amides is 2. The highest BCUT2D eigenvalue weighted by Gasteiger charge is 2.15. The van der Waals surface area contributed by atoms with Gasteiger partial charge in [0.1, 0.15) is 11.4 Å². The molecule has 9 nitrogen and oxygen atoms in total. The van der Waals surface area contributed by atoms with Crippen molar-refractivity contribution in [3.8, 4) is 5.75 Å². The molecule has 3 aromatic rings. The van der Waals surface area contributed by atoms with Crippen LogP contribution in [0, 0.1) is 17.0 Å². The SMILES string of the molecule is C/C(=N/NC(=O)/C(=C/c1cccc([N+](=O)[O-])c1)NC(=O)c1ccccc1)c1ccc(O)c(C)c1. The molecule has 0 saturated heterocycles. The molecule has 0 radical (unpaired) electrons. The number of nitrogens with one attached hydrogen (secondary N) is 2. The minimum absolute atomic E-state index is 0.145. The highest BCUT2D eigenvalue weighted by molar-refractivity contribution is 6.06. The predicted molar refractivity (Wildman–Crippen MR) is 128 cm³/mol. The van der Waals surface area contributed by atoms with E-state index in [0.717, 1.165) is 0 Å². The van der Waals surface area contributed by atoms with Gasteiger partial charge in [0.2, 0.25) is 0 Å². The highest BCUT2D eigenvalue weighted by Crippen LogP contribution is 2.18. The van der Waals surface area contributed by atoms with Crippen molar-refractivity contribution in [2.75, 3.05) is 0 Å². The lowest BCUT2D eigenvalue weighted by Gasteiger charge is -2.10. The summed E-state index contributed by atoms with van der Waals surface area (Å²) in [5, 5.41) is 27.4. The number of hydrogen-bond acceptors (Lipinski definition) is 6. The number of carbonyl (C=O) groups excluding carboxylic acids is 2. The number of phenolic OH excluding ortho intramolecular Hbond substituents is 1. The number of nitro groups is 1. The van der Waals surface area contributed by atoms with Crippen LogP contribution in [0.5, 0.6) is 5.75 Å². The van der Waals surface area contributed by atoms with Crippen LogP contribution in [0.15, 0.2) is 83.6 Å². The quantitative estimate of drug-likeness (QED) is 0.214. The van der Waals surface area contributed by atoms with Crippen molar-refractivity contribution in [1.29, 1.82) is 0 Å². The third kappa shape index (κ3) is 6.13.